The first-order valence-electron chi connectivity index (χ1n) is 13.1. The number of allylic oxidation sites excluding steroid dienone is 4. The van der Waals surface area contributed by atoms with Gasteiger partial charge in [0, 0.05) is 70.7 Å². The Bertz CT molecular complexity index is 774. The second-order valence-corrected chi connectivity index (χ2v) is 10.5. The normalized spacial score (nSPS) is 25.3. The minimum Gasteiger partial charge on any atom is -0.340 e. The summed E-state index contributed by atoms with van der Waals surface area (Å²) in [5.74, 6) is -3.13. The number of piperazine rings is 2. The van der Waals surface area contributed by atoms with E-state index < -0.39 is 11.8 Å². The maximum Gasteiger partial charge on any atom is 0.251 e. The van der Waals surface area contributed by atoms with Gasteiger partial charge in [-0.2, -0.15) is 0 Å². The summed E-state index contributed by atoms with van der Waals surface area (Å²) in [5, 5.41) is 0. The molecular formula is C26H40F2N4O2. The quantitative estimate of drug-likeness (QED) is 0.538. The Balaban J connectivity index is 1.11. The van der Waals surface area contributed by atoms with Crippen molar-refractivity contribution in [2.45, 2.75) is 63.8 Å². The fourth-order valence-corrected chi connectivity index (χ4v) is 5.40. The molecule has 4 rings (SSSR count). The van der Waals surface area contributed by atoms with Gasteiger partial charge >= 0.3 is 0 Å². The fourth-order valence-electron chi connectivity index (χ4n) is 5.40. The molecule has 1 atom stereocenters. The minimum atomic E-state index is -2.71. The maximum atomic E-state index is 13.6. The van der Waals surface area contributed by atoms with E-state index in [1.54, 1.807) is 6.08 Å². The average Bonchev–Trinajstić information content (AvgIpc) is 2.78. The average molecular weight is 479 g/mol. The van der Waals surface area contributed by atoms with Crippen molar-refractivity contribution >= 4 is 11.8 Å². The minimum absolute atomic E-state index is 0.121. The molecule has 1 saturated carbocycles. The van der Waals surface area contributed by atoms with Crippen LogP contribution in [0.5, 0.6) is 0 Å². The second-order valence-electron chi connectivity index (χ2n) is 10.5. The molecule has 34 heavy (non-hydrogen) atoms. The summed E-state index contributed by atoms with van der Waals surface area (Å²) in [7, 11) is 0. The number of hydrogen-bond acceptors (Lipinski definition) is 4. The number of carbonyl (C=O) groups excluding carboxylic acids is 2. The Kier molecular flexibility index (Phi) is 8.40. The summed E-state index contributed by atoms with van der Waals surface area (Å²) in [6, 6.07) is 0.747. The third kappa shape index (κ3) is 6.66. The summed E-state index contributed by atoms with van der Waals surface area (Å²) in [6.07, 6.45) is 11.5. The molecule has 2 aliphatic heterocycles. The Morgan fingerprint density at radius 3 is 2.24 bits per heavy atom. The summed E-state index contributed by atoms with van der Waals surface area (Å²) < 4.78 is 27.2. The van der Waals surface area contributed by atoms with E-state index in [4.69, 9.17) is 0 Å². The molecule has 1 unspecified atom stereocenters. The van der Waals surface area contributed by atoms with Gasteiger partial charge in [0.05, 0.1) is 6.54 Å². The van der Waals surface area contributed by atoms with E-state index in [1.807, 2.05) is 22.0 Å². The zero-order chi connectivity index (χ0) is 24.1. The van der Waals surface area contributed by atoms with E-state index >= 15 is 0 Å². The molecule has 0 bridgehead atoms. The lowest BCUT2D eigenvalue weighted by molar-refractivity contribution is -0.136. The number of carbonyl (C=O) groups is 2. The number of nitrogens with zero attached hydrogens (tertiary/aromatic N) is 4. The molecule has 2 aliphatic carbocycles. The molecule has 0 aromatic rings. The first kappa shape index (κ1) is 25.3. The number of rotatable bonds is 8. The lowest BCUT2D eigenvalue weighted by Gasteiger charge is -2.43. The first-order valence-corrected chi connectivity index (χ1v) is 13.1. The SMILES string of the molecule is CC(F)(F)C1C=C(CCCC(=O)N2CCN(CC(=O)N3CCN(C4CCC4)CC3)CC2)C=CC1. The van der Waals surface area contributed by atoms with Crippen LogP contribution in [0.4, 0.5) is 8.78 Å². The van der Waals surface area contributed by atoms with Gasteiger partial charge in [0.25, 0.3) is 5.92 Å². The number of hydrogen-bond donors (Lipinski definition) is 0. The Morgan fingerprint density at radius 2 is 1.62 bits per heavy atom. The van der Waals surface area contributed by atoms with E-state index in [0.717, 1.165) is 57.8 Å². The monoisotopic (exact) mass is 478 g/mol. The summed E-state index contributed by atoms with van der Waals surface area (Å²) in [4.78, 5) is 34.0. The van der Waals surface area contributed by atoms with Crippen LogP contribution in [0.1, 0.15) is 51.9 Å². The van der Waals surface area contributed by atoms with Gasteiger partial charge in [-0.25, -0.2) is 8.78 Å². The van der Waals surface area contributed by atoms with E-state index in [1.165, 1.54) is 19.3 Å². The predicted octanol–water partition coefficient (Wildman–Crippen LogP) is 3.16. The van der Waals surface area contributed by atoms with Crippen LogP contribution in [0.2, 0.25) is 0 Å². The van der Waals surface area contributed by atoms with Crippen molar-refractivity contribution in [1.29, 1.82) is 0 Å². The van der Waals surface area contributed by atoms with Gasteiger partial charge in [0.2, 0.25) is 11.8 Å². The van der Waals surface area contributed by atoms with Crippen molar-refractivity contribution in [3.63, 3.8) is 0 Å². The van der Waals surface area contributed by atoms with Crippen LogP contribution >= 0.6 is 0 Å². The molecule has 190 valence electrons. The molecule has 2 amide bonds. The number of amides is 2. The fraction of sp³-hybridized carbons (Fsp3) is 0.769. The predicted molar refractivity (Wildman–Crippen MR) is 129 cm³/mol. The van der Waals surface area contributed by atoms with Crippen LogP contribution in [0, 0.1) is 5.92 Å². The Hall–Kier alpha value is -1.80. The first-order chi connectivity index (χ1) is 16.3. The zero-order valence-corrected chi connectivity index (χ0v) is 20.6. The van der Waals surface area contributed by atoms with Crippen molar-refractivity contribution in [2.75, 3.05) is 58.9 Å². The van der Waals surface area contributed by atoms with Gasteiger partial charge < -0.3 is 9.80 Å². The maximum absolute atomic E-state index is 13.6. The number of halogens is 2. The van der Waals surface area contributed by atoms with Crippen molar-refractivity contribution < 1.29 is 18.4 Å². The molecule has 2 saturated heterocycles. The van der Waals surface area contributed by atoms with Gasteiger partial charge in [0.15, 0.2) is 0 Å². The molecule has 6 nitrogen and oxygen atoms in total. The molecule has 2 heterocycles. The van der Waals surface area contributed by atoms with Crippen LogP contribution in [0.15, 0.2) is 23.8 Å². The van der Waals surface area contributed by atoms with E-state index in [9.17, 15) is 18.4 Å². The van der Waals surface area contributed by atoms with Crippen LogP contribution in [0.3, 0.4) is 0 Å². The van der Waals surface area contributed by atoms with Gasteiger partial charge in [-0.1, -0.05) is 30.2 Å². The van der Waals surface area contributed by atoms with E-state index in [2.05, 4.69) is 9.80 Å². The van der Waals surface area contributed by atoms with Crippen molar-refractivity contribution in [3.05, 3.63) is 23.8 Å². The zero-order valence-electron chi connectivity index (χ0n) is 20.6. The smallest absolute Gasteiger partial charge is 0.251 e. The topological polar surface area (TPSA) is 47.1 Å². The lowest BCUT2D eigenvalue weighted by atomic mass is 9.89. The van der Waals surface area contributed by atoms with Gasteiger partial charge in [-0.05, 0) is 39.0 Å². The van der Waals surface area contributed by atoms with Crippen molar-refractivity contribution in [1.82, 2.24) is 19.6 Å². The second kappa shape index (κ2) is 11.3. The van der Waals surface area contributed by atoms with Crippen LogP contribution in [-0.4, -0.2) is 102 Å². The molecule has 0 aromatic heterocycles. The van der Waals surface area contributed by atoms with Crippen LogP contribution in [-0.2, 0) is 9.59 Å². The molecule has 0 N–H and O–H groups in total. The standard InChI is InChI=1S/C26H40F2N4O2/c1-26(27,28)22-7-2-5-21(19-22)6-3-10-24(33)31-13-11-29(12-14-31)20-25(34)32-17-15-30(16-18-32)23-8-4-9-23/h2,5,19,22-23H,3-4,6-18,20H2,1H3. The highest BCUT2D eigenvalue weighted by Gasteiger charge is 2.33. The third-order valence-corrected chi connectivity index (χ3v) is 7.99. The lowest BCUT2D eigenvalue weighted by Crippen LogP contribution is -2.56. The van der Waals surface area contributed by atoms with Crippen LogP contribution < -0.4 is 0 Å². The highest BCUT2D eigenvalue weighted by atomic mass is 19.3. The van der Waals surface area contributed by atoms with Crippen LogP contribution in [0.25, 0.3) is 0 Å². The number of alkyl halides is 2. The molecule has 0 spiro atoms. The van der Waals surface area contributed by atoms with Crippen molar-refractivity contribution in [2.24, 2.45) is 5.92 Å². The molecule has 4 aliphatic rings. The van der Waals surface area contributed by atoms with Gasteiger partial charge in [-0.3, -0.25) is 19.4 Å². The Labute approximate surface area is 202 Å². The van der Waals surface area contributed by atoms with E-state index in [0.29, 0.717) is 45.3 Å². The highest BCUT2D eigenvalue weighted by molar-refractivity contribution is 5.78. The molecule has 0 aromatic carbocycles. The van der Waals surface area contributed by atoms with E-state index in [-0.39, 0.29) is 11.8 Å². The molecule has 3 fully saturated rings. The highest BCUT2D eigenvalue weighted by Crippen LogP contribution is 2.33. The summed E-state index contributed by atoms with van der Waals surface area (Å²) in [5.41, 5.74) is 0.905. The summed E-state index contributed by atoms with van der Waals surface area (Å²) in [6.45, 7) is 7.79. The van der Waals surface area contributed by atoms with Gasteiger partial charge in [-0.15, -0.1) is 0 Å². The molecular weight excluding hydrogens is 438 g/mol. The van der Waals surface area contributed by atoms with Crippen molar-refractivity contribution in [3.8, 4) is 0 Å². The molecule has 0 radical (unpaired) electrons. The van der Waals surface area contributed by atoms with Gasteiger partial charge in [0.1, 0.15) is 0 Å². The Morgan fingerprint density at radius 1 is 0.971 bits per heavy atom. The largest absolute Gasteiger partial charge is 0.340 e. The summed E-state index contributed by atoms with van der Waals surface area (Å²) >= 11 is 0. The molecule has 8 heteroatoms. The third-order valence-electron chi connectivity index (χ3n) is 7.99.